The molecule has 2 N–H and O–H groups in total. The van der Waals surface area contributed by atoms with Crippen molar-refractivity contribution in [3.63, 3.8) is 0 Å². The molecule has 1 unspecified atom stereocenters. The summed E-state index contributed by atoms with van der Waals surface area (Å²) in [4.78, 5) is 11.5. The van der Waals surface area contributed by atoms with E-state index in [-0.39, 0.29) is 5.91 Å². The van der Waals surface area contributed by atoms with Crippen LogP contribution in [-0.4, -0.2) is 24.5 Å². The molecule has 0 saturated heterocycles. The van der Waals surface area contributed by atoms with E-state index < -0.39 is 0 Å². The Morgan fingerprint density at radius 2 is 1.94 bits per heavy atom. The maximum Gasteiger partial charge on any atom is 0.221 e. The Morgan fingerprint density at radius 3 is 2.61 bits per heavy atom. The molecule has 0 aromatic carbocycles. The molecule has 3 heteroatoms. The van der Waals surface area contributed by atoms with Gasteiger partial charge in [0.25, 0.3) is 0 Å². The minimum Gasteiger partial charge on any atom is -0.353 e. The number of hydrogen-bond acceptors (Lipinski definition) is 2. The second kappa shape index (κ2) is 9.37. The van der Waals surface area contributed by atoms with Crippen LogP contribution in [-0.2, 0) is 4.79 Å². The SMILES string of the molecule is CCCCCCCC(C)NCCC(=O)NC1CC1. The van der Waals surface area contributed by atoms with Gasteiger partial charge in [-0.3, -0.25) is 4.79 Å². The highest BCUT2D eigenvalue weighted by atomic mass is 16.1. The molecule has 0 aromatic heterocycles. The van der Waals surface area contributed by atoms with E-state index in [1.807, 2.05) is 0 Å². The van der Waals surface area contributed by atoms with Crippen LogP contribution < -0.4 is 10.6 Å². The molecule has 0 aliphatic heterocycles. The molecule has 1 amide bonds. The van der Waals surface area contributed by atoms with Gasteiger partial charge in [0.15, 0.2) is 0 Å². The molecule has 1 rings (SSSR count). The fourth-order valence-corrected chi connectivity index (χ4v) is 2.12. The Bertz CT molecular complexity index is 227. The summed E-state index contributed by atoms with van der Waals surface area (Å²) in [6.45, 7) is 5.28. The quantitative estimate of drug-likeness (QED) is 0.557. The molecule has 1 atom stereocenters. The summed E-state index contributed by atoms with van der Waals surface area (Å²) in [5, 5.41) is 6.45. The van der Waals surface area contributed by atoms with E-state index in [1.54, 1.807) is 0 Å². The van der Waals surface area contributed by atoms with Crippen molar-refractivity contribution in [3.8, 4) is 0 Å². The molecular formula is C15H30N2O. The highest BCUT2D eigenvalue weighted by Crippen LogP contribution is 2.18. The van der Waals surface area contributed by atoms with Gasteiger partial charge in [-0.2, -0.15) is 0 Å². The zero-order valence-corrected chi connectivity index (χ0v) is 12.1. The Labute approximate surface area is 112 Å². The summed E-state index contributed by atoms with van der Waals surface area (Å²) < 4.78 is 0. The first-order chi connectivity index (χ1) is 8.72. The first kappa shape index (κ1) is 15.5. The largest absolute Gasteiger partial charge is 0.353 e. The molecule has 0 aromatic rings. The highest BCUT2D eigenvalue weighted by molar-refractivity contribution is 5.76. The van der Waals surface area contributed by atoms with E-state index in [1.165, 1.54) is 51.4 Å². The van der Waals surface area contributed by atoms with E-state index in [0.717, 1.165) is 6.54 Å². The summed E-state index contributed by atoms with van der Waals surface area (Å²) in [5.74, 6) is 0.208. The van der Waals surface area contributed by atoms with Crippen LogP contribution in [0.2, 0.25) is 0 Å². The van der Waals surface area contributed by atoms with Gasteiger partial charge in [-0.15, -0.1) is 0 Å². The van der Waals surface area contributed by atoms with E-state index >= 15 is 0 Å². The predicted molar refractivity (Wildman–Crippen MR) is 76.6 cm³/mol. The Morgan fingerprint density at radius 1 is 1.22 bits per heavy atom. The smallest absolute Gasteiger partial charge is 0.221 e. The second-order valence-electron chi connectivity index (χ2n) is 5.65. The summed E-state index contributed by atoms with van der Waals surface area (Å²) >= 11 is 0. The fourth-order valence-electron chi connectivity index (χ4n) is 2.12. The second-order valence-corrected chi connectivity index (χ2v) is 5.65. The van der Waals surface area contributed by atoms with Crippen LogP contribution in [0.1, 0.15) is 71.6 Å². The predicted octanol–water partition coefficient (Wildman–Crippen LogP) is 2.99. The molecule has 3 nitrogen and oxygen atoms in total. The van der Waals surface area contributed by atoms with Gasteiger partial charge in [0.05, 0.1) is 0 Å². The van der Waals surface area contributed by atoms with Crippen LogP contribution in [0.5, 0.6) is 0 Å². The third kappa shape index (κ3) is 8.51. The first-order valence-corrected chi connectivity index (χ1v) is 7.75. The van der Waals surface area contributed by atoms with Crippen LogP contribution in [0.25, 0.3) is 0 Å². The lowest BCUT2D eigenvalue weighted by Crippen LogP contribution is -2.32. The molecule has 1 fully saturated rings. The zero-order chi connectivity index (χ0) is 13.2. The fraction of sp³-hybridized carbons (Fsp3) is 0.933. The van der Waals surface area contributed by atoms with Gasteiger partial charge in [0.1, 0.15) is 0 Å². The number of rotatable bonds is 11. The van der Waals surface area contributed by atoms with E-state index in [4.69, 9.17) is 0 Å². The Hall–Kier alpha value is -0.570. The molecule has 0 heterocycles. The number of nitrogens with one attached hydrogen (secondary N) is 2. The van der Waals surface area contributed by atoms with Crippen molar-refractivity contribution in [2.75, 3.05) is 6.54 Å². The maximum absolute atomic E-state index is 11.5. The lowest BCUT2D eigenvalue weighted by atomic mass is 10.1. The Kier molecular flexibility index (Phi) is 8.06. The van der Waals surface area contributed by atoms with E-state index in [9.17, 15) is 4.79 Å². The van der Waals surface area contributed by atoms with Crippen LogP contribution in [0.4, 0.5) is 0 Å². The number of amides is 1. The molecule has 1 aliphatic rings. The van der Waals surface area contributed by atoms with Crippen molar-refractivity contribution in [1.29, 1.82) is 0 Å². The van der Waals surface area contributed by atoms with Crippen molar-refractivity contribution >= 4 is 5.91 Å². The molecule has 106 valence electrons. The van der Waals surface area contributed by atoms with Crippen molar-refractivity contribution < 1.29 is 4.79 Å². The summed E-state index contributed by atoms with van der Waals surface area (Å²) in [6, 6.07) is 1.04. The minimum absolute atomic E-state index is 0.208. The zero-order valence-electron chi connectivity index (χ0n) is 12.1. The van der Waals surface area contributed by atoms with Crippen LogP contribution >= 0.6 is 0 Å². The maximum atomic E-state index is 11.5. The van der Waals surface area contributed by atoms with Crippen LogP contribution in [0.15, 0.2) is 0 Å². The summed E-state index contributed by atoms with van der Waals surface area (Å²) in [5.41, 5.74) is 0. The molecular weight excluding hydrogens is 224 g/mol. The van der Waals surface area contributed by atoms with Gasteiger partial charge >= 0.3 is 0 Å². The van der Waals surface area contributed by atoms with Gasteiger partial charge in [-0.1, -0.05) is 39.0 Å². The third-order valence-corrected chi connectivity index (χ3v) is 3.53. The lowest BCUT2D eigenvalue weighted by molar-refractivity contribution is -0.121. The average molecular weight is 254 g/mol. The highest BCUT2D eigenvalue weighted by Gasteiger charge is 2.22. The van der Waals surface area contributed by atoms with Gasteiger partial charge in [0.2, 0.25) is 5.91 Å². The van der Waals surface area contributed by atoms with Crippen molar-refractivity contribution in [3.05, 3.63) is 0 Å². The number of unbranched alkanes of at least 4 members (excludes halogenated alkanes) is 4. The molecule has 0 spiro atoms. The minimum atomic E-state index is 0.208. The molecule has 0 radical (unpaired) electrons. The standard InChI is InChI=1S/C15H30N2O/c1-3-4-5-6-7-8-13(2)16-12-11-15(18)17-14-9-10-14/h13-14,16H,3-12H2,1-2H3,(H,17,18). The van der Waals surface area contributed by atoms with Crippen molar-refractivity contribution in [2.45, 2.75) is 83.7 Å². The van der Waals surface area contributed by atoms with Gasteiger partial charge in [-0.25, -0.2) is 0 Å². The summed E-state index contributed by atoms with van der Waals surface area (Å²) in [7, 11) is 0. The average Bonchev–Trinajstić information content (AvgIpc) is 3.12. The van der Waals surface area contributed by atoms with Crippen LogP contribution in [0, 0.1) is 0 Å². The topological polar surface area (TPSA) is 41.1 Å². The normalized spacial score (nSPS) is 16.6. The monoisotopic (exact) mass is 254 g/mol. The van der Waals surface area contributed by atoms with Crippen molar-refractivity contribution in [1.82, 2.24) is 10.6 Å². The number of carbonyl (C=O) groups is 1. The van der Waals surface area contributed by atoms with E-state index in [0.29, 0.717) is 18.5 Å². The van der Waals surface area contributed by atoms with Gasteiger partial charge in [0, 0.05) is 25.0 Å². The number of hydrogen-bond donors (Lipinski definition) is 2. The lowest BCUT2D eigenvalue weighted by Gasteiger charge is -2.13. The Balaban J connectivity index is 1.86. The molecule has 1 aliphatic carbocycles. The van der Waals surface area contributed by atoms with Gasteiger partial charge < -0.3 is 10.6 Å². The van der Waals surface area contributed by atoms with Crippen molar-refractivity contribution in [2.24, 2.45) is 0 Å². The number of carbonyl (C=O) groups excluding carboxylic acids is 1. The molecule has 1 saturated carbocycles. The molecule has 18 heavy (non-hydrogen) atoms. The van der Waals surface area contributed by atoms with Crippen LogP contribution in [0.3, 0.4) is 0 Å². The van der Waals surface area contributed by atoms with Gasteiger partial charge in [-0.05, 0) is 26.2 Å². The third-order valence-electron chi connectivity index (χ3n) is 3.53. The summed E-state index contributed by atoms with van der Waals surface area (Å²) in [6.07, 6.45) is 10.9. The first-order valence-electron chi connectivity index (χ1n) is 7.75. The van der Waals surface area contributed by atoms with E-state index in [2.05, 4.69) is 24.5 Å². The molecule has 0 bridgehead atoms.